The molecule has 0 fully saturated rings. The van der Waals surface area contributed by atoms with Crippen LogP contribution in [0, 0.1) is 6.92 Å². The summed E-state index contributed by atoms with van der Waals surface area (Å²) in [5.74, 6) is 0.768. The molecule has 0 radical (unpaired) electrons. The van der Waals surface area contributed by atoms with E-state index in [1.54, 1.807) is 30.3 Å². The largest absolute Gasteiger partial charge is 0.469 e. The van der Waals surface area contributed by atoms with E-state index in [2.05, 4.69) is 0 Å². The second-order valence-corrected chi connectivity index (χ2v) is 5.33. The Balaban J connectivity index is 2.16. The molecule has 5 nitrogen and oxygen atoms in total. The molecule has 1 heterocycles. The third-order valence-electron chi connectivity index (χ3n) is 3.48. The Bertz CT molecular complexity index is 647. The van der Waals surface area contributed by atoms with Crippen LogP contribution >= 0.6 is 0 Å². The molecule has 2 N–H and O–H groups in total. The average Bonchev–Trinajstić information content (AvgIpc) is 2.82. The minimum atomic E-state index is -0.0624. The summed E-state index contributed by atoms with van der Waals surface area (Å²) >= 11 is 0. The quantitative estimate of drug-likeness (QED) is 0.878. The second kappa shape index (κ2) is 5.91. The molecule has 2 aromatic rings. The SMILES string of the molecule is Cc1occc1CN(C)C(=O)c1ccc(N(C)C)c(N)c1. The third-order valence-corrected chi connectivity index (χ3v) is 3.48. The molecule has 5 heteroatoms. The van der Waals surface area contributed by atoms with Gasteiger partial charge in [0.15, 0.2) is 0 Å². The topological polar surface area (TPSA) is 62.7 Å². The van der Waals surface area contributed by atoms with Crippen LogP contribution in [0.25, 0.3) is 0 Å². The Hall–Kier alpha value is -2.43. The van der Waals surface area contributed by atoms with E-state index in [-0.39, 0.29) is 5.91 Å². The summed E-state index contributed by atoms with van der Waals surface area (Å²) < 4.78 is 5.25. The summed E-state index contributed by atoms with van der Waals surface area (Å²) in [6.07, 6.45) is 1.63. The maximum atomic E-state index is 12.4. The van der Waals surface area contributed by atoms with Crippen LogP contribution in [-0.4, -0.2) is 32.0 Å². The number of nitrogens with two attached hydrogens (primary N) is 1. The lowest BCUT2D eigenvalue weighted by Gasteiger charge is -2.19. The van der Waals surface area contributed by atoms with Crippen LogP contribution < -0.4 is 10.6 Å². The zero-order valence-corrected chi connectivity index (χ0v) is 12.9. The van der Waals surface area contributed by atoms with Crippen LogP contribution in [0.4, 0.5) is 11.4 Å². The number of carbonyl (C=O) groups is 1. The highest BCUT2D eigenvalue weighted by molar-refractivity contribution is 5.96. The van der Waals surface area contributed by atoms with Gasteiger partial charge in [0.1, 0.15) is 5.76 Å². The number of hydrogen-bond acceptors (Lipinski definition) is 4. The van der Waals surface area contributed by atoms with Gasteiger partial charge < -0.3 is 20.0 Å². The first-order chi connectivity index (χ1) is 9.90. The Morgan fingerprint density at radius 3 is 2.48 bits per heavy atom. The van der Waals surface area contributed by atoms with E-state index < -0.39 is 0 Å². The Morgan fingerprint density at radius 2 is 1.95 bits per heavy atom. The van der Waals surface area contributed by atoms with Gasteiger partial charge in [0, 0.05) is 38.8 Å². The molecule has 1 aromatic heterocycles. The van der Waals surface area contributed by atoms with Crippen molar-refractivity contribution in [1.82, 2.24) is 4.90 Å². The molecule has 21 heavy (non-hydrogen) atoms. The van der Waals surface area contributed by atoms with Crippen molar-refractivity contribution in [2.45, 2.75) is 13.5 Å². The van der Waals surface area contributed by atoms with Crippen molar-refractivity contribution < 1.29 is 9.21 Å². The molecule has 1 aromatic carbocycles. The lowest BCUT2D eigenvalue weighted by molar-refractivity contribution is 0.0784. The normalized spacial score (nSPS) is 10.5. The van der Waals surface area contributed by atoms with Gasteiger partial charge >= 0.3 is 0 Å². The van der Waals surface area contributed by atoms with Gasteiger partial charge in [-0.3, -0.25) is 4.79 Å². The predicted octanol–water partition coefficient (Wildman–Crippen LogP) is 2.51. The number of rotatable bonds is 4. The molecule has 1 amide bonds. The molecule has 0 saturated heterocycles. The number of nitrogens with zero attached hydrogens (tertiary/aromatic N) is 2. The van der Waals surface area contributed by atoms with Crippen molar-refractivity contribution in [3.8, 4) is 0 Å². The maximum absolute atomic E-state index is 12.4. The average molecular weight is 287 g/mol. The number of furan rings is 1. The van der Waals surface area contributed by atoms with Crippen molar-refractivity contribution in [2.75, 3.05) is 31.8 Å². The molecule has 0 spiro atoms. The molecule has 0 aliphatic rings. The number of amides is 1. The van der Waals surface area contributed by atoms with Crippen molar-refractivity contribution in [3.63, 3.8) is 0 Å². The van der Waals surface area contributed by atoms with E-state index in [1.165, 1.54) is 0 Å². The fourth-order valence-corrected chi connectivity index (χ4v) is 2.22. The van der Waals surface area contributed by atoms with Crippen LogP contribution in [0.5, 0.6) is 0 Å². The number of anilines is 2. The van der Waals surface area contributed by atoms with E-state index in [0.29, 0.717) is 17.8 Å². The van der Waals surface area contributed by atoms with Gasteiger partial charge in [-0.1, -0.05) is 0 Å². The molecule has 0 unspecified atom stereocenters. The number of carbonyl (C=O) groups excluding carboxylic acids is 1. The van der Waals surface area contributed by atoms with Crippen molar-refractivity contribution in [2.24, 2.45) is 0 Å². The molecule has 0 atom stereocenters. The second-order valence-electron chi connectivity index (χ2n) is 5.33. The van der Waals surface area contributed by atoms with E-state index in [1.807, 2.05) is 38.1 Å². The lowest BCUT2D eigenvalue weighted by atomic mass is 10.1. The summed E-state index contributed by atoms with van der Waals surface area (Å²) in [5, 5.41) is 0. The zero-order valence-electron chi connectivity index (χ0n) is 12.9. The number of aryl methyl sites for hydroxylation is 1. The summed E-state index contributed by atoms with van der Waals surface area (Å²) in [6, 6.07) is 7.26. The zero-order chi connectivity index (χ0) is 15.6. The maximum Gasteiger partial charge on any atom is 0.253 e. The van der Waals surface area contributed by atoms with Crippen LogP contribution in [-0.2, 0) is 6.54 Å². The van der Waals surface area contributed by atoms with E-state index >= 15 is 0 Å². The monoisotopic (exact) mass is 287 g/mol. The Labute approximate surface area is 124 Å². The molecular weight excluding hydrogens is 266 g/mol. The van der Waals surface area contributed by atoms with Gasteiger partial charge in [-0.25, -0.2) is 0 Å². The Kier molecular flexibility index (Phi) is 4.21. The predicted molar refractivity (Wildman–Crippen MR) is 84.4 cm³/mol. The summed E-state index contributed by atoms with van der Waals surface area (Å²) in [4.78, 5) is 16.0. The molecule has 0 aliphatic heterocycles. The summed E-state index contributed by atoms with van der Waals surface area (Å²) in [5.41, 5.74) is 9.08. The van der Waals surface area contributed by atoms with Gasteiger partial charge in [-0.2, -0.15) is 0 Å². The van der Waals surface area contributed by atoms with Crippen molar-refractivity contribution >= 4 is 17.3 Å². The fourth-order valence-electron chi connectivity index (χ4n) is 2.22. The molecule has 0 bridgehead atoms. The Morgan fingerprint density at radius 1 is 1.24 bits per heavy atom. The van der Waals surface area contributed by atoms with Gasteiger partial charge in [0.25, 0.3) is 5.91 Å². The van der Waals surface area contributed by atoms with Crippen LogP contribution in [0.15, 0.2) is 34.9 Å². The van der Waals surface area contributed by atoms with E-state index in [4.69, 9.17) is 10.2 Å². The number of nitrogen functional groups attached to an aromatic ring is 1. The third kappa shape index (κ3) is 3.18. The molecule has 0 saturated carbocycles. The highest BCUT2D eigenvalue weighted by atomic mass is 16.3. The van der Waals surface area contributed by atoms with Crippen molar-refractivity contribution in [1.29, 1.82) is 0 Å². The smallest absolute Gasteiger partial charge is 0.253 e. The minimum absolute atomic E-state index is 0.0624. The van der Waals surface area contributed by atoms with Gasteiger partial charge in [0.2, 0.25) is 0 Å². The van der Waals surface area contributed by atoms with Gasteiger partial charge in [0.05, 0.1) is 17.6 Å². The molecule has 112 valence electrons. The molecular formula is C16H21N3O2. The van der Waals surface area contributed by atoms with E-state index in [0.717, 1.165) is 17.0 Å². The van der Waals surface area contributed by atoms with E-state index in [9.17, 15) is 4.79 Å². The first-order valence-electron chi connectivity index (χ1n) is 6.75. The summed E-state index contributed by atoms with van der Waals surface area (Å²) in [6.45, 7) is 2.40. The van der Waals surface area contributed by atoms with Crippen LogP contribution in [0.1, 0.15) is 21.7 Å². The highest BCUT2D eigenvalue weighted by Gasteiger charge is 2.15. The standard InChI is InChI=1S/C16H21N3O2/c1-11-13(7-8-21-11)10-19(4)16(20)12-5-6-15(18(2)3)14(17)9-12/h5-9H,10,17H2,1-4H3. The first-order valence-corrected chi connectivity index (χ1v) is 6.75. The number of benzene rings is 1. The first kappa shape index (κ1) is 15.0. The van der Waals surface area contributed by atoms with Gasteiger partial charge in [-0.15, -0.1) is 0 Å². The van der Waals surface area contributed by atoms with Crippen molar-refractivity contribution in [3.05, 3.63) is 47.4 Å². The van der Waals surface area contributed by atoms with Crippen LogP contribution in [0.2, 0.25) is 0 Å². The molecule has 0 aliphatic carbocycles. The molecule has 2 rings (SSSR count). The highest BCUT2D eigenvalue weighted by Crippen LogP contribution is 2.23. The fraction of sp³-hybridized carbons (Fsp3) is 0.312. The minimum Gasteiger partial charge on any atom is -0.469 e. The lowest BCUT2D eigenvalue weighted by Crippen LogP contribution is -2.26. The number of hydrogen-bond donors (Lipinski definition) is 1. The summed E-state index contributed by atoms with van der Waals surface area (Å²) in [7, 11) is 5.60. The van der Waals surface area contributed by atoms with Crippen LogP contribution in [0.3, 0.4) is 0 Å². The van der Waals surface area contributed by atoms with Gasteiger partial charge in [-0.05, 0) is 31.2 Å².